The molecular weight excluding hydrogens is 933 g/mol. The lowest BCUT2D eigenvalue weighted by Gasteiger charge is -2.29. The van der Waals surface area contributed by atoms with Gasteiger partial charge in [0.05, 0.1) is 70.6 Å². The number of anilines is 4. The number of carbonyl (C=O) groups is 2. The van der Waals surface area contributed by atoms with Crippen molar-refractivity contribution in [3.05, 3.63) is 144 Å². The fraction of sp³-hybridized carbons (Fsp3) is 0.345. The number of benzene rings is 4. The molecular formula is C58H68N10O4S. The molecule has 0 atom stereocenters. The first kappa shape index (κ1) is 53.5. The molecule has 0 aliphatic carbocycles. The van der Waals surface area contributed by atoms with Gasteiger partial charge in [0.15, 0.2) is 11.6 Å². The van der Waals surface area contributed by atoms with Gasteiger partial charge in [0.25, 0.3) is 0 Å². The maximum Gasteiger partial charge on any atom is 0.208 e. The molecule has 4 aromatic carbocycles. The lowest BCUT2D eigenvalue weighted by Crippen LogP contribution is -2.37. The minimum absolute atomic E-state index is 0.192. The van der Waals surface area contributed by atoms with Crippen LogP contribution in [0.2, 0.25) is 0 Å². The fourth-order valence-corrected chi connectivity index (χ4v) is 8.69. The number of rotatable bonds is 16. The highest BCUT2D eigenvalue weighted by molar-refractivity contribution is 7.78. The Kier molecular flexibility index (Phi) is 19.4. The average Bonchev–Trinajstić information content (AvgIpc) is 3.68. The van der Waals surface area contributed by atoms with Crippen molar-refractivity contribution in [2.24, 2.45) is 23.9 Å². The van der Waals surface area contributed by atoms with Gasteiger partial charge in [-0.15, -0.1) is 0 Å². The zero-order valence-corrected chi connectivity index (χ0v) is 43.8. The normalized spacial score (nSPS) is 14.2. The molecule has 73 heavy (non-hydrogen) atoms. The van der Waals surface area contributed by atoms with Crippen LogP contribution >= 0.6 is 12.2 Å². The SMILES string of the molecule is CNc1ccc(Oc2ccnc(CC(=O)CN3CCC(C)CC3)c2)cc1N.Cc1ccc(N=C=S)cc1.Cc1ccc(Nc2nc3cc(Oc4ccnc(CC(=O)CN5CCC(C)CC5)c4)ccc3n2C)cc1. The number of pyridine rings is 2. The number of fused-ring (bicyclic) bond motifs is 1. The molecule has 380 valence electrons. The number of nitrogen functional groups attached to an aromatic ring is 1. The summed E-state index contributed by atoms with van der Waals surface area (Å²) in [6.07, 6.45) is 8.68. The maximum absolute atomic E-state index is 12.6. The molecule has 2 aliphatic heterocycles. The molecule has 0 radical (unpaired) electrons. The van der Waals surface area contributed by atoms with Gasteiger partial charge in [0, 0.05) is 56.4 Å². The van der Waals surface area contributed by atoms with E-state index < -0.39 is 0 Å². The molecule has 2 saturated heterocycles. The van der Waals surface area contributed by atoms with Crippen LogP contribution in [0.25, 0.3) is 11.0 Å². The predicted molar refractivity (Wildman–Crippen MR) is 297 cm³/mol. The Labute approximate surface area is 435 Å². The van der Waals surface area contributed by atoms with Crippen LogP contribution < -0.4 is 25.8 Å². The third-order valence-corrected chi connectivity index (χ3v) is 13.1. The number of ether oxygens (including phenoxy) is 2. The van der Waals surface area contributed by atoms with E-state index in [1.54, 1.807) is 24.5 Å². The molecule has 5 heterocycles. The second-order valence-electron chi connectivity index (χ2n) is 19.2. The van der Waals surface area contributed by atoms with Gasteiger partial charge in [-0.2, -0.15) is 4.99 Å². The van der Waals surface area contributed by atoms with Crippen molar-refractivity contribution in [3.63, 3.8) is 0 Å². The largest absolute Gasteiger partial charge is 0.457 e. The number of nitrogens with zero attached hydrogens (tertiary/aromatic N) is 7. The van der Waals surface area contributed by atoms with E-state index in [4.69, 9.17) is 20.2 Å². The molecule has 9 rings (SSSR count). The Morgan fingerprint density at radius 1 is 0.699 bits per heavy atom. The Hall–Kier alpha value is -7.29. The Bertz CT molecular complexity index is 2980. The van der Waals surface area contributed by atoms with Crippen molar-refractivity contribution < 1.29 is 19.1 Å². The van der Waals surface area contributed by atoms with E-state index in [9.17, 15) is 9.59 Å². The maximum atomic E-state index is 12.6. The van der Waals surface area contributed by atoms with Crippen molar-refractivity contribution in [1.29, 1.82) is 0 Å². The Morgan fingerprint density at radius 3 is 1.70 bits per heavy atom. The van der Waals surface area contributed by atoms with Gasteiger partial charge < -0.3 is 30.4 Å². The quantitative estimate of drug-likeness (QED) is 0.0476. The van der Waals surface area contributed by atoms with Crippen molar-refractivity contribution in [2.75, 3.05) is 62.7 Å². The summed E-state index contributed by atoms with van der Waals surface area (Å²) < 4.78 is 14.0. The van der Waals surface area contributed by atoms with Crippen LogP contribution in [-0.4, -0.2) is 92.4 Å². The number of ketones is 2. The highest BCUT2D eigenvalue weighted by Crippen LogP contribution is 2.30. The zero-order chi connectivity index (χ0) is 51.7. The van der Waals surface area contributed by atoms with Gasteiger partial charge in [-0.05, 0) is 150 Å². The fourth-order valence-electron chi connectivity index (χ4n) is 8.58. The van der Waals surface area contributed by atoms with Gasteiger partial charge in [0.2, 0.25) is 5.95 Å². The standard InChI is InChI=1S/C29H33N5O2.C21H28N4O2.C8H7NS/c1-20-4-6-22(7-5-20)31-29-32-27-18-25(8-9-28(27)33(29)3)36-26-10-13-30-23(17-26)16-24(35)19-34-14-11-21(2)12-15-34;1-15-6-9-25(10-7-15)14-17(26)11-16-12-19(5-8-24-16)27-18-3-4-21(23-2)20(22)13-18;1-7-2-4-8(5-3-7)9-6-10/h4-10,13,17-18,21H,11-12,14-16,19H2,1-3H3,(H,31,32);3-5,8,12-13,15,23H,6-7,9-11,14,22H2,1-2H3;2-5H,1H3. The molecule has 0 unspecified atom stereocenters. The second-order valence-corrected chi connectivity index (χ2v) is 19.4. The number of nitrogens with one attached hydrogen (secondary N) is 2. The number of hydrogen-bond donors (Lipinski definition) is 3. The number of isothiocyanates is 1. The molecule has 0 bridgehead atoms. The van der Waals surface area contributed by atoms with Crippen molar-refractivity contribution in [2.45, 2.75) is 66.2 Å². The summed E-state index contributed by atoms with van der Waals surface area (Å²) in [4.78, 5) is 46.8. The number of imidazole rings is 1. The number of carbonyl (C=O) groups excluding carboxylic acids is 2. The zero-order valence-electron chi connectivity index (χ0n) is 42.9. The molecule has 4 N–H and O–H groups in total. The summed E-state index contributed by atoms with van der Waals surface area (Å²) in [5.41, 5.74) is 15.0. The smallest absolute Gasteiger partial charge is 0.208 e. The first-order valence-electron chi connectivity index (χ1n) is 25.0. The summed E-state index contributed by atoms with van der Waals surface area (Å²) in [5.74, 6) is 5.32. The first-order chi connectivity index (χ1) is 35.3. The number of nitrogens with two attached hydrogens (primary N) is 1. The number of Topliss-reactive ketones (excluding diaryl/α,β-unsaturated/α-hetero) is 2. The summed E-state index contributed by atoms with van der Waals surface area (Å²) in [5, 5.41) is 8.71. The Balaban J connectivity index is 0.000000185. The number of piperidine rings is 2. The van der Waals surface area contributed by atoms with E-state index in [0.717, 1.165) is 83.4 Å². The molecule has 0 spiro atoms. The van der Waals surface area contributed by atoms with Crippen LogP contribution in [0.5, 0.6) is 23.0 Å². The summed E-state index contributed by atoms with van der Waals surface area (Å²) in [7, 11) is 3.81. The van der Waals surface area contributed by atoms with Crippen LogP contribution in [0.4, 0.5) is 28.7 Å². The van der Waals surface area contributed by atoms with E-state index in [-0.39, 0.29) is 11.6 Å². The minimum Gasteiger partial charge on any atom is -0.457 e. The first-order valence-corrected chi connectivity index (χ1v) is 25.5. The van der Waals surface area contributed by atoms with Crippen LogP contribution in [0.1, 0.15) is 62.0 Å². The number of hydrogen-bond acceptors (Lipinski definition) is 14. The van der Waals surface area contributed by atoms with E-state index in [1.807, 2.05) is 111 Å². The van der Waals surface area contributed by atoms with Crippen molar-refractivity contribution in [3.8, 4) is 23.0 Å². The summed E-state index contributed by atoms with van der Waals surface area (Å²) >= 11 is 4.45. The lowest BCUT2D eigenvalue weighted by molar-refractivity contribution is -0.120. The molecule has 0 amide bonds. The van der Waals surface area contributed by atoms with Gasteiger partial charge in [-0.1, -0.05) is 49.2 Å². The van der Waals surface area contributed by atoms with Crippen LogP contribution in [-0.2, 0) is 29.5 Å². The Morgan fingerprint density at radius 2 is 1.19 bits per heavy atom. The number of aryl methyl sites for hydroxylation is 3. The van der Waals surface area contributed by atoms with Gasteiger partial charge >= 0.3 is 0 Å². The van der Waals surface area contributed by atoms with Gasteiger partial charge in [-0.25, -0.2) is 4.98 Å². The van der Waals surface area contributed by atoms with E-state index >= 15 is 0 Å². The van der Waals surface area contributed by atoms with E-state index in [0.29, 0.717) is 54.6 Å². The third-order valence-electron chi connectivity index (χ3n) is 13.0. The van der Waals surface area contributed by atoms with Crippen LogP contribution in [0.3, 0.4) is 0 Å². The van der Waals surface area contributed by atoms with Gasteiger partial charge in [-0.3, -0.25) is 29.4 Å². The average molecular weight is 1000 g/mol. The highest BCUT2D eigenvalue weighted by atomic mass is 32.1. The lowest BCUT2D eigenvalue weighted by atomic mass is 9.99. The number of thiocarbonyl (C=S) groups is 1. The van der Waals surface area contributed by atoms with Crippen LogP contribution in [0.15, 0.2) is 127 Å². The second kappa shape index (κ2) is 26.4. The number of aliphatic imine (C=N–C) groups is 1. The minimum atomic E-state index is 0.192. The number of likely N-dealkylation sites (tertiary alicyclic amines) is 2. The topological polar surface area (TPSA) is 165 Å². The predicted octanol–water partition coefficient (Wildman–Crippen LogP) is 11.7. The monoisotopic (exact) mass is 1000 g/mol. The molecule has 2 aliphatic rings. The third kappa shape index (κ3) is 16.6. The number of aromatic nitrogens is 4. The van der Waals surface area contributed by atoms with E-state index in [1.165, 1.54) is 36.8 Å². The van der Waals surface area contributed by atoms with Crippen molar-refractivity contribution in [1.82, 2.24) is 29.3 Å². The molecule has 15 heteroatoms. The molecule has 2 fully saturated rings. The van der Waals surface area contributed by atoms with Crippen LogP contribution in [0, 0.1) is 25.7 Å². The molecule has 3 aromatic heterocycles. The molecule has 0 saturated carbocycles. The van der Waals surface area contributed by atoms with Crippen molar-refractivity contribution >= 4 is 68.7 Å². The summed E-state index contributed by atoms with van der Waals surface area (Å²) in [6.45, 7) is 13.7. The van der Waals surface area contributed by atoms with E-state index in [2.05, 4.69) is 85.7 Å². The molecule has 7 aromatic rings. The van der Waals surface area contributed by atoms with Gasteiger partial charge in [0.1, 0.15) is 23.0 Å². The summed E-state index contributed by atoms with van der Waals surface area (Å²) in [6, 6.07) is 34.7. The highest BCUT2D eigenvalue weighted by Gasteiger charge is 2.20. The molecule has 14 nitrogen and oxygen atoms in total.